The minimum atomic E-state index is -0.893. The number of rotatable bonds is 7. The van der Waals surface area contributed by atoms with Gasteiger partial charge in [0.15, 0.2) is 11.8 Å². The molecule has 1 aromatic heterocycles. The van der Waals surface area contributed by atoms with E-state index in [0.717, 1.165) is 16.6 Å². The first-order valence-corrected chi connectivity index (χ1v) is 9.39. The highest BCUT2D eigenvalue weighted by atomic mass is 16.5. The van der Waals surface area contributed by atoms with Gasteiger partial charge in [0.2, 0.25) is 5.78 Å². The number of ketones is 1. The number of carbonyl (C=O) groups excluding carboxylic acids is 3. The van der Waals surface area contributed by atoms with Gasteiger partial charge >= 0.3 is 5.97 Å². The van der Waals surface area contributed by atoms with E-state index < -0.39 is 12.1 Å². The van der Waals surface area contributed by atoms with Crippen LogP contribution in [-0.2, 0) is 9.53 Å². The van der Waals surface area contributed by atoms with Gasteiger partial charge in [-0.25, -0.2) is 0 Å². The first kappa shape index (κ1) is 20.3. The van der Waals surface area contributed by atoms with Crippen LogP contribution in [0.1, 0.15) is 45.3 Å². The third-order valence-corrected chi connectivity index (χ3v) is 4.77. The lowest BCUT2D eigenvalue weighted by Gasteiger charge is -2.13. The minimum absolute atomic E-state index is 0.0430. The summed E-state index contributed by atoms with van der Waals surface area (Å²) in [4.78, 5) is 36.8. The molecule has 3 rings (SSSR count). The van der Waals surface area contributed by atoms with Crippen LogP contribution in [0.4, 0.5) is 0 Å². The van der Waals surface area contributed by atoms with Crippen LogP contribution in [0.2, 0.25) is 0 Å². The van der Waals surface area contributed by atoms with Crippen LogP contribution in [0.25, 0.3) is 10.9 Å². The quantitative estimate of drug-likeness (QED) is 0.474. The van der Waals surface area contributed by atoms with E-state index in [1.165, 1.54) is 0 Å². The highest BCUT2D eigenvalue weighted by molar-refractivity contribution is 6.04. The van der Waals surface area contributed by atoms with Crippen molar-refractivity contribution < 1.29 is 19.1 Å². The Balaban J connectivity index is 1.49. The summed E-state index contributed by atoms with van der Waals surface area (Å²) in [7, 11) is 0. The smallest absolute Gasteiger partial charge is 0.308 e. The number of Topliss-reactive ketones (excluding diaryl/α,β-unsaturated/α-hetero) is 1. The number of hydrogen-bond donors (Lipinski definition) is 2. The number of fused-ring (bicyclic) bond motifs is 1. The van der Waals surface area contributed by atoms with Gasteiger partial charge in [-0.05, 0) is 44.0 Å². The van der Waals surface area contributed by atoms with Gasteiger partial charge < -0.3 is 10.1 Å². The minimum Gasteiger partial charge on any atom is -0.454 e. The van der Waals surface area contributed by atoms with Gasteiger partial charge in [0.1, 0.15) is 0 Å². The number of benzene rings is 2. The van der Waals surface area contributed by atoms with E-state index in [1.807, 2.05) is 38.1 Å². The highest BCUT2D eigenvalue weighted by Gasteiger charge is 2.20. The monoisotopic (exact) mass is 393 g/mol. The maximum Gasteiger partial charge on any atom is 0.308 e. The largest absolute Gasteiger partial charge is 0.454 e. The Kier molecular flexibility index (Phi) is 6.07. The lowest BCUT2D eigenvalue weighted by atomic mass is 10.0. The fourth-order valence-corrected chi connectivity index (χ4v) is 2.94. The molecular weight excluding hydrogens is 370 g/mol. The summed E-state index contributed by atoms with van der Waals surface area (Å²) in [5.74, 6) is -1.19. The van der Waals surface area contributed by atoms with Gasteiger partial charge in [-0.3, -0.25) is 19.5 Å². The average molecular weight is 393 g/mol. The molecule has 7 heteroatoms. The molecule has 0 radical (unpaired) electrons. The Morgan fingerprint density at radius 2 is 1.86 bits per heavy atom. The molecule has 0 fully saturated rings. The van der Waals surface area contributed by atoms with Crippen molar-refractivity contribution in [2.24, 2.45) is 0 Å². The Bertz CT molecular complexity index is 1070. The van der Waals surface area contributed by atoms with Crippen LogP contribution in [0.3, 0.4) is 0 Å². The molecule has 2 N–H and O–H groups in total. The van der Waals surface area contributed by atoms with E-state index in [4.69, 9.17) is 4.74 Å². The third-order valence-electron chi connectivity index (χ3n) is 4.77. The number of nitrogens with zero attached hydrogens (tertiary/aromatic N) is 1. The normalized spacial score (nSPS) is 11.8. The molecule has 0 aliphatic heterocycles. The van der Waals surface area contributed by atoms with Crippen molar-refractivity contribution >= 4 is 28.6 Å². The summed E-state index contributed by atoms with van der Waals surface area (Å²) >= 11 is 0. The molecule has 1 unspecified atom stereocenters. The van der Waals surface area contributed by atoms with E-state index in [1.54, 1.807) is 25.1 Å². The Labute approximate surface area is 168 Å². The Hall–Kier alpha value is -3.48. The fraction of sp³-hybridized carbons (Fsp3) is 0.273. The van der Waals surface area contributed by atoms with Crippen LogP contribution in [0.15, 0.2) is 42.5 Å². The summed E-state index contributed by atoms with van der Waals surface area (Å²) in [6, 6.07) is 12.7. The maximum absolute atomic E-state index is 12.4. The third kappa shape index (κ3) is 4.68. The number of amides is 1. The van der Waals surface area contributed by atoms with Crippen LogP contribution in [0.5, 0.6) is 0 Å². The topological polar surface area (TPSA) is 101 Å². The molecule has 0 spiro atoms. The molecule has 0 aliphatic carbocycles. The predicted molar refractivity (Wildman–Crippen MR) is 109 cm³/mol. The zero-order chi connectivity index (χ0) is 21.0. The molecule has 29 heavy (non-hydrogen) atoms. The number of aromatic amines is 1. The predicted octanol–water partition coefficient (Wildman–Crippen LogP) is 3.11. The number of hydrogen-bond acceptors (Lipinski definition) is 5. The molecule has 1 amide bonds. The number of carbonyl (C=O) groups is 3. The SMILES string of the molecule is Cc1ccc(C(=O)C(C)OC(=O)CCNC(=O)c2n[nH]c3ccccc23)cc1C. The second-order valence-corrected chi connectivity index (χ2v) is 6.92. The van der Waals surface area contributed by atoms with Gasteiger partial charge in [-0.2, -0.15) is 5.10 Å². The lowest BCUT2D eigenvalue weighted by Crippen LogP contribution is -2.29. The number of H-pyrrole nitrogens is 1. The molecular formula is C22H23N3O4. The number of ether oxygens (including phenoxy) is 1. The standard InChI is InChI=1S/C22H23N3O4/c1-13-8-9-16(12-14(13)2)21(27)15(3)29-19(26)10-11-23-22(28)20-17-6-4-5-7-18(17)24-25-20/h4-9,12,15H,10-11H2,1-3H3,(H,23,28)(H,24,25). The van der Waals surface area contributed by atoms with Crippen LogP contribution in [-0.4, -0.2) is 40.5 Å². The van der Waals surface area contributed by atoms with Gasteiger partial charge in [0, 0.05) is 17.5 Å². The van der Waals surface area contributed by atoms with Gasteiger partial charge in [-0.15, -0.1) is 0 Å². The van der Waals surface area contributed by atoms with Crippen molar-refractivity contribution in [2.75, 3.05) is 6.54 Å². The molecule has 7 nitrogen and oxygen atoms in total. The summed E-state index contributed by atoms with van der Waals surface area (Å²) < 4.78 is 5.22. The molecule has 1 heterocycles. The van der Waals surface area contributed by atoms with Crippen molar-refractivity contribution in [3.8, 4) is 0 Å². The molecule has 0 bridgehead atoms. The van der Waals surface area contributed by atoms with Gasteiger partial charge in [-0.1, -0.05) is 30.3 Å². The first-order chi connectivity index (χ1) is 13.9. The summed E-state index contributed by atoms with van der Waals surface area (Å²) in [6.07, 6.45) is -0.936. The molecule has 150 valence electrons. The number of aryl methyl sites for hydroxylation is 2. The van der Waals surface area contributed by atoms with Crippen molar-refractivity contribution in [1.82, 2.24) is 15.5 Å². The van der Waals surface area contributed by atoms with Gasteiger partial charge in [0.05, 0.1) is 11.9 Å². The number of esters is 1. The number of nitrogens with one attached hydrogen (secondary N) is 2. The highest BCUT2D eigenvalue weighted by Crippen LogP contribution is 2.15. The van der Waals surface area contributed by atoms with Gasteiger partial charge in [0.25, 0.3) is 5.91 Å². The average Bonchev–Trinajstić information content (AvgIpc) is 3.13. The van der Waals surface area contributed by atoms with Crippen LogP contribution >= 0.6 is 0 Å². The molecule has 0 aliphatic rings. The first-order valence-electron chi connectivity index (χ1n) is 9.39. The summed E-state index contributed by atoms with van der Waals surface area (Å²) in [6.45, 7) is 5.52. The van der Waals surface area contributed by atoms with Crippen molar-refractivity contribution in [1.29, 1.82) is 0 Å². The molecule has 3 aromatic rings. The summed E-state index contributed by atoms with van der Waals surface area (Å²) in [5.41, 5.74) is 3.63. The maximum atomic E-state index is 12.4. The van der Waals surface area contributed by atoms with Crippen molar-refractivity contribution in [3.05, 3.63) is 64.8 Å². The Morgan fingerprint density at radius 1 is 1.10 bits per heavy atom. The second-order valence-electron chi connectivity index (χ2n) is 6.92. The molecule has 0 saturated carbocycles. The molecule has 0 saturated heterocycles. The van der Waals surface area contributed by atoms with E-state index >= 15 is 0 Å². The number of aromatic nitrogens is 2. The zero-order valence-electron chi connectivity index (χ0n) is 16.6. The van der Waals surface area contributed by atoms with E-state index in [0.29, 0.717) is 10.9 Å². The molecule has 1 atom stereocenters. The van der Waals surface area contributed by atoms with Crippen LogP contribution < -0.4 is 5.32 Å². The van der Waals surface area contributed by atoms with E-state index in [-0.39, 0.29) is 30.3 Å². The zero-order valence-corrected chi connectivity index (χ0v) is 16.6. The lowest BCUT2D eigenvalue weighted by molar-refractivity contribution is -0.146. The van der Waals surface area contributed by atoms with Crippen molar-refractivity contribution in [2.45, 2.75) is 33.3 Å². The van der Waals surface area contributed by atoms with E-state index in [9.17, 15) is 14.4 Å². The summed E-state index contributed by atoms with van der Waals surface area (Å²) in [5, 5.41) is 10.2. The van der Waals surface area contributed by atoms with Crippen LogP contribution in [0, 0.1) is 13.8 Å². The van der Waals surface area contributed by atoms with Crippen molar-refractivity contribution in [3.63, 3.8) is 0 Å². The molecule has 2 aromatic carbocycles. The Morgan fingerprint density at radius 3 is 2.62 bits per heavy atom. The van der Waals surface area contributed by atoms with E-state index in [2.05, 4.69) is 15.5 Å². The fourth-order valence-electron chi connectivity index (χ4n) is 2.94. The second kappa shape index (κ2) is 8.68. The number of para-hydroxylation sites is 1.